The van der Waals surface area contributed by atoms with Crippen molar-refractivity contribution in [2.45, 2.75) is 152 Å². The Morgan fingerprint density at radius 3 is 1.83 bits per heavy atom. The fourth-order valence-electron chi connectivity index (χ4n) is 4.15. The normalized spacial score (nSPS) is 20.9. The molecule has 2 fully saturated rings. The predicted molar refractivity (Wildman–Crippen MR) is 192 cm³/mol. The van der Waals surface area contributed by atoms with Crippen LogP contribution in [0.25, 0.3) is 0 Å². The van der Waals surface area contributed by atoms with Gasteiger partial charge in [-0.15, -0.1) is 0 Å². The van der Waals surface area contributed by atoms with E-state index in [0.29, 0.717) is 9.92 Å². The second-order valence-corrected chi connectivity index (χ2v) is 11.2. The van der Waals surface area contributed by atoms with Gasteiger partial charge in [-0.3, -0.25) is 0 Å². The molecule has 0 aromatic heterocycles. The van der Waals surface area contributed by atoms with E-state index in [1.165, 1.54) is 44.5 Å². The van der Waals surface area contributed by atoms with Gasteiger partial charge in [-0.2, -0.15) is 0 Å². The number of nitrogens with two attached hydrogens (primary N) is 1. The fourth-order valence-corrected chi connectivity index (χ4v) is 5.34. The van der Waals surface area contributed by atoms with Crippen LogP contribution in [0.5, 0.6) is 5.75 Å². The first-order valence-electron chi connectivity index (χ1n) is 16.5. The number of nitrogens with one attached hydrogen (secondary N) is 1. The highest BCUT2D eigenvalue weighted by Gasteiger charge is 2.42. The molecule has 0 radical (unpaired) electrons. The molecule has 0 aliphatic heterocycles. The van der Waals surface area contributed by atoms with E-state index in [4.69, 9.17) is 11.6 Å². The highest BCUT2D eigenvalue weighted by atomic mass is 35.5. The number of aromatic hydroxyl groups is 1. The molecule has 2 aliphatic rings. The number of hydrogen-bond acceptors (Lipinski definition) is 6. The highest BCUT2D eigenvalue weighted by molar-refractivity contribution is 7.97. The summed E-state index contributed by atoms with van der Waals surface area (Å²) >= 11 is 7.12. The molecule has 0 amide bonds. The smallest absolute Gasteiger partial charge is 0.140 e. The Balaban J connectivity index is -0.000000156. The van der Waals surface area contributed by atoms with Crippen LogP contribution in [0.4, 0.5) is 0 Å². The maximum atomic E-state index is 11.1. The van der Waals surface area contributed by atoms with Crippen LogP contribution in [0.3, 0.4) is 0 Å². The third kappa shape index (κ3) is 22.5. The summed E-state index contributed by atoms with van der Waals surface area (Å²) < 4.78 is 3.02. The molecule has 2 saturated carbocycles. The number of benzene rings is 1. The maximum absolute atomic E-state index is 11.1. The summed E-state index contributed by atoms with van der Waals surface area (Å²) in [6.45, 7) is 29.2. The van der Waals surface area contributed by atoms with Crippen molar-refractivity contribution in [2.24, 2.45) is 28.9 Å². The summed E-state index contributed by atoms with van der Waals surface area (Å²) in [7, 11) is 1.50. The molecule has 252 valence electrons. The van der Waals surface area contributed by atoms with Gasteiger partial charge in [0, 0.05) is 5.41 Å². The fraction of sp³-hybridized carbons (Fsp3) is 0.771. The lowest BCUT2D eigenvalue weighted by Crippen LogP contribution is -2.33. The lowest BCUT2D eigenvalue weighted by atomic mass is 9.64. The van der Waals surface area contributed by atoms with E-state index in [1.54, 1.807) is 18.2 Å². The predicted octanol–water partition coefficient (Wildman–Crippen LogP) is 11.1. The molecular formula is C35H71ClN2O3S. The Hall–Kier alpha value is -1.08. The molecular weight excluding hydrogens is 564 g/mol. The summed E-state index contributed by atoms with van der Waals surface area (Å²) in [6, 6.07) is 4.94. The van der Waals surface area contributed by atoms with Crippen LogP contribution in [0, 0.1) is 23.2 Å². The molecule has 3 rings (SSSR count). The SMILES string of the molecule is CC.CC.CC.CC.CCC.CCC(C)C1CC(C)CC(C)(C=O)C1.CN.O=CC1(NSc2c(O)cccc2Cl)CC1. The van der Waals surface area contributed by atoms with Gasteiger partial charge in [0.1, 0.15) is 18.3 Å². The molecule has 1 aromatic carbocycles. The molecule has 42 heavy (non-hydrogen) atoms. The topological polar surface area (TPSA) is 92.4 Å². The van der Waals surface area contributed by atoms with E-state index < -0.39 is 5.54 Å². The second kappa shape index (κ2) is 32.8. The minimum Gasteiger partial charge on any atom is -0.507 e. The Morgan fingerprint density at radius 2 is 1.48 bits per heavy atom. The van der Waals surface area contributed by atoms with Crippen LogP contribution in [0.15, 0.2) is 23.1 Å². The summed E-state index contributed by atoms with van der Waals surface area (Å²) in [6.07, 6.45) is 9.79. The van der Waals surface area contributed by atoms with E-state index in [-0.39, 0.29) is 11.2 Å². The van der Waals surface area contributed by atoms with Crippen LogP contribution >= 0.6 is 23.5 Å². The zero-order valence-electron chi connectivity index (χ0n) is 30.2. The molecule has 0 saturated heterocycles. The van der Waals surface area contributed by atoms with E-state index in [9.17, 15) is 14.7 Å². The monoisotopic (exact) mass is 634 g/mol. The maximum Gasteiger partial charge on any atom is 0.140 e. The second-order valence-electron chi connectivity index (χ2n) is 9.94. The number of halogens is 1. The first-order valence-corrected chi connectivity index (χ1v) is 17.7. The van der Waals surface area contributed by atoms with Gasteiger partial charge in [-0.25, -0.2) is 4.72 Å². The van der Waals surface area contributed by atoms with E-state index in [1.807, 2.05) is 55.4 Å². The molecule has 4 unspecified atom stereocenters. The van der Waals surface area contributed by atoms with Crippen LogP contribution in [-0.2, 0) is 9.59 Å². The zero-order chi connectivity index (χ0) is 34.4. The van der Waals surface area contributed by atoms with Gasteiger partial charge in [-0.1, -0.05) is 127 Å². The van der Waals surface area contributed by atoms with Crippen LogP contribution < -0.4 is 10.5 Å². The molecule has 4 N–H and O–H groups in total. The molecule has 1 aromatic rings. The van der Waals surface area contributed by atoms with Crippen LogP contribution in [0.1, 0.15) is 142 Å². The Bertz CT molecular complexity index is 712. The van der Waals surface area contributed by atoms with Crippen LogP contribution in [0.2, 0.25) is 5.02 Å². The van der Waals surface area contributed by atoms with Crippen molar-refractivity contribution in [1.82, 2.24) is 4.72 Å². The number of aldehydes is 2. The summed E-state index contributed by atoms with van der Waals surface area (Å²) in [5.74, 6) is 2.38. The Labute approximate surface area is 272 Å². The Morgan fingerprint density at radius 1 is 1.00 bits per heavy atom. The van der Waals surface area contributed by atoms with Crippen molar-refractivity contribution in [3.8, 4) is 5.75 Å². The third-order valence-electron chi connectivity index (χ3n) is 6.30. The van der Waals surface area contributed by atoms with Gasteiger partial charge in [0.25, 0.3) is 0 Å². The zero-order valence-corrected chi connectivity index (χ0v) is 31.8. The standard InChI is InChI=1S/C13H24O.C10H10ClNO2S.C3H8.4C2H6.CH5N/c1-5-11(3)12-6-10(2)7-13(4,8-12)9-14;11-7-2-1-3-8(14)9(7)15-12-10(6-13)4-5-10;1-3-2;5*1-2/h9-12H,5-8H2,1-4H3;1-3,6,12,14H,4-5H2;3H2,1-2H3;4*1-2H3;2H2,1H3. The molecule has 0 spiro atoms. The van der Waals surface area contributed by atoms with Gasteiger partial charge in [-0.05, 0) is 81.0 Å². The number of hydrogen-bond donors (Lipinski definition) is 3. The van der Waals surface area contributed by atoms with Crippen LogP contribution in [-0.4, -0.2) is 30.3 Å². The third-order valence-corrected chi connectivity index (χ3v) is 7.87. The van der Waals surface area contributed by atoms with Gasteiger partial charge < -0.3 is 20.4 Å². The van der Waals surface area contributed by atoms with Crippen molar-refractivity contribution in [3.63, 3.8) is 0 Å². The van der Waals surface area contributed by atoms with Crippen molar-refractivity contribution in [2.75, 3.05) is 7.05 Å². The highest BCUT2D eigenvalue weighted by Crippen LogP contribution is 2.44. The molecule has 7 heteroatoms. The van der Waals surface area contributed by atoms with Crippen molar-refractivity contribution < 1.29 is 14.7 Å². The van der Waals surface area contributed by atoms with Crippen molar-refractivity contribution in [3.05, 3.63) is 23.2 Å². The number of carbonyl (C=O) groups is 2. The first-order chi connectivity index (χ1) is 20.1. The minimum absolute atomic E-state index is 0.0359. The number of carbonyl (C=O) groups excluding carboxylic acids is 2. The molecule has 0 bridgehead atoms. The lowest BCUT2D eigenvalue weighted by Gasteiger charge is -2.40. The number of phenols is 1. The average Bonchev–Trinajstić information content (AvgIpc) is 3.82. The van der Waals surface area contributed by atoms with E-state index in [0.717, 1.165) is 49.7 Å². The van der Waals surface area contributed by atoms with Gasteiger partial charge in [0.2, 0.25) is 0 Å². The first kappa shape index (κ1) is 50.5. The molecule has 2 aliphatic carbocycles. The molecule has 4 atom stereocenters. The molecule has 5 nitrogen and oxygen atoms in total. The minimum atomic E-state index is -0.406. The van der Waals surface area contributed by atoms with E-state index in [2.05, 4.69) is 52.0 Å². The average molecular weight is 635 g/mol. The molecule has 0 heterocycles. The van der Waals surface area contributed by atoms with Gasteiger partial charge >= 0.3 is 0 Å². The largest absolute Gasteiger partial charge is 0.507 e. The number of rotatable bonds is 7. The summed E-state index contributed by atoms with van der Waals surface area (Å²) in [4.78, 5) is 22.4. The van der Waals surface area contributed by atoms with Gasteiger partial charge in [0.15, 0.2) is 0 Å². The van der Waals surface area contributed by atoms with Crippen molar-refractivity contribution >= 4 is 36.1 Å². The van der Waals surface area contributed by atoms with E-state index >= 15 is 0 Å². The number of phenolic OH excluding ortho intramolecular Hbond substituents is 1. The van der Waals surface area contributed by atoms with Gasteiger partial charge in [0.05, 0.1) is 15.5 Å². The summed E-state index contributed by atoms with van der Waals surface area (Å²) in [5.41, 5.74) is 4.06. The Kier molecular flexibility index (Phi) is 39.5. The lowest BCUT2D eigenvalue weighted by molar-refractivity contribution is -0.119. The summed E-state index contributed by atoms with van der Waals surface area (Å²) in [5, 5.41) is 10.0. The van der Waals surface area contributed by atoms with Crippen molar-refractivity contribution in [1.29, 1.82) is 0 Å². The quantitative estimate of drug-likeness (QED) is 0.204.